The van der Waals surface area contributed by atoms with Gasteiger partial charge in [-0.3, -0.25) is 4.79 Å². The fourth-order valence-corrected chi connectivity index (χ4v) is 3.06. The van der Waals surface area contributed by atoms with Crippen LogP contribution in [0.25, 0.3) is 10.9 Å². The summed E-state index contributed by atoms with van der Waals surface area (Å²) in [6.45, 7) is 5.54. The molecule has 0 saturated carbocycles. The van der Waals surface area contributed by atoms with Gasteiger partial charge in [-0.15, -0.1) is 0 Å². The number of amides is 1. The number of carbonyl (C=O) groups is 1. The van der Waals surface area contributed by atoms with Gasteiger partial charge in [0.05, 0.1) is 6.04 Å². The summed E-state index contributed by atoms with van der Waals surface area (Å²) in [5.41, 5.74) is 9.78. The molecule has 2 atom stereocenters. The first kappa shape index (κ1) is 14.1. The number of nitrogens with two attached hydrogens (primary N) is 1. The lowest BCUT2D eigenvalue weighted by Crippen LogP contribution is -2.48. The molecule has 0 bridgehead atoms. The Hall–Kier alpha value is -1.81. The van der Waals surface area contributed by atoms with Crippen molar-refractivity contribution in [3.05, 3.63) is 35.5 Å². The lowest BCUT2D eigenvalue weighted by atomic mass is 9.97. The van der Waals surface area contributed by atoms with Crippen LogP contribution in [0.15, 0.2) is 24.3 Å². The number of nitrogens with zero attached hydrogens (tertiary/aromatic N) is 1. The maximum atomic E-state index is 12.6. The minimum absolute atomic E-state index is 0.0836. The second kappa shape index (κ2) is 5.53. The third-order valence-corrected chi connectivity index (χ3v) is 4.74. The number of H-pyrrole nitrogens is 1. The first-order valence-electron chi connectivity index (χ1n) is 7.74. The van der Waals surface area contributed by atoms with Gasteiger partial charge in [-0.05, 0) is 12.0 Å². The number of hydrogen-bond acceptors (Lipinski definition) is 2. The molecule has 3 N–H and O–H groups in total. The highest BCUT2D eigenvalue weighted by atomic mass is 16.2. The van der Waals surface area contributed by atoms with Crippen molar-refractivity contribution < 1.29 is 4.79 Å². The van der Waals surface area contributed by atoms with Crippen LogP contribution < -0.4 is 5.73 Å². The summed E-state index contributed by atoms with van der Waals surface area (Å²) in [5, 5.41) is 1.22. The molecule has 1 amide bonds. The quantitative estimate of drug-likeness (QED) is 0.909. The molecule has 4 nitrogen and oxygen atoms in total. The molecule has 0 saturated heterocycles. The van der Waals surface area contributed by atoms with Crippen LogP contribution in [0.1, 0.15) is 31.5 Å². The number of hydrogen-bond donors (Lipinski definition) is 2. The molecule has 0 spiro atoms. The lowest BCUT2D eigenvalue weighted by molar-refractivity contribution is -0.134. The van der Waals surface area contributed by atoms with E-state index in [2.05, 4.69) is 24.0 Å². The van der Waals surface area contributed by atoms with Crippen molar-refractivity contribution in [2.45, 2.75) is 39.3 Å². The molecule has 3 rings (SSSR count). The maximum absolute atomic E-state index is 12.6. The average molecular weight is 285 g/mol. The number of para-hydroxylation sites is 1. The van der Waals surface area contributed by atoms with Gasteiger partial charge in [-0.25, -0.2) is 0 Å². The van der Waals surface area contributed by atoms with Crippen molar-refractivity contribution in [2.24, 2.45) is 11.7 Å². The third-order valence-electron chi connectivity index (χ3n) is 4.74. The summed E-state index contributed by atoms with van der Waals surface area (Å²) in [4.78, 5) is 17.9. The molecular formula is C17H23N3O. The number of rotatable bonds is 3. The highest BCUT2D eigenvalue weighted by molar-refractivity contribution is 5.87. The molecule has 1 unspecified atom stereocenters. The normalized spacial score (nSPS) is 17.6. The Morgan fingerprint density at radius 1 is 1.43 bits per heavy atom. The zero-order valence-electron chi connectivity index (χ0n) is 12.7. The molecule has 1 aromatic heterocycles. The minimum Gasteiger partial charge on any atom is -0.358 e. The summed E-state index contributed by atoms with van der Waals surface area (Å²) in [6.07, 6.45) is 1.81. The van der Waals surface area contributed by atoms with Gasteiger partial charge in [0.15, 0.2) is 0 Å². The number of aromatic nitrogens is 1. The second-order valence-corrected chi connectivity index (χ2v) is 6.05. The summed E-state index contributed by atoms with van der Waals surface area (Å²) in [7, 11) is 0. The molecular weight excluding hydrogens is 262 g/mol. The second-order valence-electron chi connectivity index (χ2n) is 6.05. The van der Waals surface area contributed by atoms with E-state index in [0.717, 1.165) is 24.9 Å². The Morgan fingerprint density at radius 2 is 2.19 bits per heavy atom. The highest BCUT2D eigenvalue weighted by Crippen LogP contribution is 2.28. The van der Waals surface area contributed by atoms with Gasteiger partial charge in [0.1, 0.15) is 0 Å². The smallest absolute Gasteiger partial charge is 0.240 e. The van der Waals surface area contributed by atoms with E-state index in [1.807, 2.05) is 24.0 Å². The number of benzene rings is 1. The first-order valence-corrected chi connectivity index (χ1v) is 7.74. The molecule has 0 fully saturated rings. The van der Waals surface area contributed by atoms with Crippen LogP contribution in [0, 0.1) is 5.92 Å². The van der Waals surface area contributed by atoms with Crippen LogP contribution >= 0.6 is 0 Å². The van der Waals surface area contributed by atoms with Gasteiger partial charge < -0.3 is 15.6 Å². The molecule has 112 valence electrons. The summed E-state index contributed by atoms with van der Waals surface area (Å²) in [6, 6.07) is 7.90. The monoisotopic (exact) mass is 285 g/mol. The van der Waals surface area contributed by atoms with Gasteiger partial charge >= 0.3 is 0 Å². The van der Waals surface area contributed by atoms with Crippen LogP contribution in [0.3, 0.4) is 0 Å². The fraction of sp³-hybridized carbons (Fsp3) is 0.471. The van der Waals surface area contributed by atoms with Crippen molar-refractivity contribution in [3.63, 3.8) is 0 Å². The molecule has 4 heteroatoms. The molecule has 1 aliphatic rings. The number of carbonyl (C=O) groups excluding carboxylic acids is 1. The van der Waals surface area contributed by atoms with E-state index in [4.69, 9.17) is 5.73 Å². The Morgan fingerprint density at radius 3 is 2.95 bits per heavy atom. The summed E-state index contributed by atoms with van der Waals surface area (Å²) in [5.74, 6) is 0.308. The predicted octanol–water partition coefficient (Wildman–Crippen LogP) is 2.43. The van der Waals surface area contributed by atoms with Crippen molar-refractivity contribution in [1.29, 1.82) is 0 Å². The van der Waals surface area contributed by atoms with Gasteiger partial charge in [0, 0.05) is 41.7 Å². The van der Waals surface area contributed by atoms with E-state index in [9.17, 15) is 4.79 Å². The molecule has 1 aliphatic heterocycles. The van der Waals surface area contributed by atoms with Gasteiger partial charge in [0.25, 0.3) is 0 Å². The van der Waals surface area contributed by atoms with Crippen LogP contribution in [0.5, 0.6) is 0 Å². The van der Waals surface area contributed by atoms with Gasteiger partial charge in [-0.1, -0.05) is 38.5 Å². The van der Waals surface area contributed by atoms with E-state index >= 15 is 0 Å². The lowest BCUT2D eigenvalue weighted by Gasteiger charge is -2.31. The van der Waals surface area contributed by atoms with Crippen LogP contribution in [-0.4, -0.2) is 28.4 Å². The van der Waals surface area contributed by atoms with Crippen molar-refractivity contribution >= 4 is 16.8 Å². The first-order chi connectivity index (χ1) is 10.1. The Labute approximate surface area is 125 Å². The molecule has 1 aromatic carbocycles. The molecule has 0 aliphatic carbocycles. The summed E-state index contributed by atoms with van der Waals surface area (Å²) < 4.78 is 0. The zero-order chi connectivity index (χ0) is 15.0. The Balaban J connectivity index is 1.85. The summed E-state index contributed by atoms with van der Waals surface area (Å²) >= 11 is 0. The number of nitrogens with one attached hydrogen (secondary N) is 1. The van der Waals surface area contributed by atoms with E-state index in [1.54, 1.807) is 0 Å². The Bertz CT molecular complexity index is 661. The molecule has 2 aromatic rings. The van der Waals surface area contributed by atoms with Gasteiger partial charge in [-0.2, -0.15) is 0 Å². The fourth-order valence-electron chi connectivity index (χ4n) is 3.06. The minimum atomic E-state index is -0.387. The van der Waals surface area contributed by atoms with Gasteiger partial charge in [0.2, 0.25) is 5.91 Å². The maximum Gasteiger partial charge on any atom is 0.240 e. The van der Waals surface area contributed by atoms with E-state index in [-0.39, 0.29) is 17.9 Å². The average Bonchev–Trinajstić information content (AvgIpc) is 2.90. The van der Waals surface area contributed by atoms with Crippen LogP contribution in [-0.2, 0) is 17.8 Å². The number of fused-ring (bicyclic) bond motifs is 3. The van der Waals surface area contributed by atoms with E-state index < -0.39 is 0 Å². The van der Waals surface area contributed by atoms with E-state index in [1.165, 1.54) is 16.6 Å². The largest absolute Gasteiger partial charge is 0.358 e. The van der Waals surface area contributed by atoms with Crippen LogP contribution in [0.4, 0.5) is 0 Å². The standard InChI is InChI=1S/C17H23N3O/c1-3-11(2)16(18)17(21)20-9-8-15-13(10-20)12-6-4-5-7-14(12)19-15/h4-7,11,16,19H,3,8-10,18H2,1-2H3/t11?,16-/m0/s1. The van der Waals surface area contributed by atoms with Crippen molar-refractivity contribution in [1.82, 2.24) is 9.88 Å². The van der Waals surface area contributed by atoms with Crippen molar-refractivity contribution in [2.75, 3.05) is 6.54 Å². The topological polar surface area (TPSA) is 62.1 Å². The Kier molecular flexibility index (Phi) is 3.72. The molecule has 21 heavy (non-hydrogen) atoms. The van der Waals surface area contributed by atoms with E-state index in [0.29, 0.717) is 6.54 Å². The SMILES string of the molecule is CCC(C)[C@H](N)C(=O)N1CCc2[nH]c3ccccc3c2C1. The predicted molar refractivity (Wildman–Crippen MR) is 84.9 cm³/mol. The molecule has 0 radical (unpaired) electrons. The van der Waals surface area contributed by atoms with Crippen molar-refractivity contribution in [3.8, 4) is 0 Å². The number of aromatic amines is 1. The highest BCUT2D eigenvalue weighted by Gasteiger charge is 2.29. The zero-order valence-corrected chi connectivity index (χ0v) is 12.7. The third kappa shape index (κ3) is 2.44. The molecule has 2 heterocycles. The van der Waals surface area contributed by atoms with Crippen LogP contribution in [0.2, 0.25) is 0 Å².